The minimum Gasteiger partial charge on any atom is -0.237 e. The lowest BCUT2D eigenvalue weighted by Gasteiger charge is -2.07. The van der Waals surface area contributed by atoms with E-state index in [1.807, 2.05) is 6.92 Å². The molecule has 5 heteroatoms. The van der Waals surface area contributed by atoms with Crippen LogP contribution in [0.4, 0.5) is 8.78 Å². The average Bonchev–Trinajstić information content (AvgIpc) is 2.72. The van der Waals surface area contributed by atoms with E-state index in [4.69, 9.17) is 11.6 Å². The van der Waals surface area contributed by atoms with Crippen LogP contribution in [0.25, 0.3) is 5.69 Å². The number of aromatic nitrogens is 2. The van der Waals surface area contributed by atoms with Gasteiger partial charge < -0.3 is 0 Å². The molecule has 0 N–H and O–H groups in total. The monoisotopic (exact) mass is 270 g/mol. The topological polar surface area (TPSA) is 17.8 Å². The molecule has 0 unspecified atom stereocenters. The Hall–Kier alpha value is -1.42. The maximum absolute atomic E-state index is 13.3. The Morgan fingerprint density at radius 1 is 1.33 bits per heavy atom. The van der Waals surface area contributed by atoms with Crippen LogP contribution in [0.3, 0.4) is 0 Å². The first kappa shape index (κ1) is 13.0. The number of aryl methyl sites for hydroxylation is 1. The van der Waals surface area contributed by atoms with Gasteiger partial charge in [-0.1, -0.05) is 24.6 Å². The SMILES string of the molecule is CCc1cc(C(C)(F)F)nn1-c1cccc(Cl)c1. The molecule has 0 radical (unpaired) electrons. The molecule has 0 saturated heterocycles. The lowest BCUT2D eigenvalue weighted by Crippen LogP contribution is -2.09. The zero-order valence-electron chi connectivity index (χ0n) is 10.1. The second kappa shape index (κ2) is 4.69. The summed E-state index contributed by atoms with van der Waals surface area (Å²) in [4.78, 5) is 0. The van der Waals surface area contributed by atoms with Crippen LogP contribution in [0.1, 0.15) is 25.2 Å². The molecule has 0 aliphatic heterocycles. The van der Waals surface area contributed by atoms with Gasteiger partial charge in [-0.2, -0.15) is 13.9 Å². The van der Waals surface area contributed by atoms with Crippen molar-refractivity contribution in [2.24, 2.45) is 0 Å². The molecule has 1 aromatic carbocycles. The molecule has 96 valence electrons. The Bertz CT molecular complexity index is 558. The number of alkyl halides is 2. The van der Waals surface area contributed by atoms with Gasteiger partial charge in [0.15, 0.2) is 0 Å². The summed E-state index contributed by atoms with van der Waals surface area (Å²) in [5, 5.41) is 4.52. The highest BCUT2D eigenvalue weighted by atomic mass is 35.5. The fourth-order valence-electron chi connectivity index (χ4n) is 1.72. The zero-order chi connectivity index (χ0) is 13.3. The van der Waals surface area contributed by atoms with Crippen LogP contribution in [-0.2, 0) is 12.3 Å². The lowest BCUT2D eigenvalue weighted by molar-refractivity contribution is 0.0124. The van der Waals surface area contributed by atoms with Gasteiger partial charge in [0.05, 0.1) is 5.69 Å². The third-order valence-electron chi connectivity index (χ3n) is 2.65. The predicted octanol–water partition coefficient (Wildman–Crippen LogP) is 4.20. The molecule has 0 amide bonds. The van der Waals surface area contributed by atoms with Crippen LogP contribution < -0.4 is 0 Å². The number of benzene rings is 1. The minimum atomic E-state index is -2.94. The van der Waals surface area contributed by atoms with Gasteiger partial charge in [0.1, 0.15) is 5.69 Å². The number of hydrogen-bond acceptors (Lipinski definition) is 1. The van der Waals surface area contributed by atoms with Crippen LogP contribution in [0.5, 0.6) is 0 Å². The van der Waals surface area contributed by atoms with E-state index in [1.54, 1.807) is 24.3 Å². The fraction of sp³-hybridized carbons (Fsp3) is 0.308. The van der Waals surface area contributed by atoms with Crippen molar-refractivity contribution in [1.82, 2.24) is 9.78 Å². The van der Waals surface area contributed by atoms with E-state index >= 15 is 0 Å². The third-order valence-corrected chi connectivity index (χ3v) is 2.88. The average molecular weight is 271 g/mol. The molecule has 18 heavy (non-hydrogen) atoms. The molecule has 0 bridgehead atoms. The van der Waals surface area contributed by atoms with Crippen LogP contribution in [0.15, 0.2) is 30.3 Å². The zero-order valence-corrected chi connectivity index (χ0v) is 10.9. The van der Waals surface area contributed by atoms with Gasteiger partial charge in [-0.3, -0.25) is 0 Å². The van der Waals surface area contributed by atoms with E-state index < -0.39 is 5.92 Å². The van der Waals surface area contributed by atoms with Crippen molar-refractivity contribution in [3.05, 3.63) is 46.7 Å². The first-order valence-corrected chi connectivity index (χ1v) is 6.03. The molecule has 0 spiro atoms. The molecule has 2 rings (SSSR count). The standard InChI is InChI=1S/C13H13ClF2N2/c1-3-10-8-12(13(2,15)16)17-18(10)11-6-4-5-9(14)7-11/h4-8H,3H2,1-2H3. The van der Waals surface area contributed by atoms with E-state index in [0.29, 0.717) is 17.1 Å². The fourth-order valence-corrected chi connectivity index (χ4v) is 1.90. The van der Waals surface area contributed by atoms with Crippen molar-refractivity contribution < 1.29 is 8.78 Å². The van der Waals surface area contributed by atoms with E-state index in [-0.39, 0.29) is 5.69 Å². The summed E-state index contributed by atoms with van der Waals surface area (Å²) in [6.45, 7) is 2.74. The Balaban J connectivity index is 2.54. The van der Waals surface area contributed by atoms with Gasteiger partial charge in [-0.25, -0.2) is 4.68 Å². The number of hydrogen-bond donors (Lipinski definition) is 0. The summed E-state index contributed by atoms with van der Waals surface area (Å²) in [5.41, 5.74) is 1.20. The van der Waals surface area contributed by atoms with E-state index in [9.17, 15) is 8.78 Å². The first-order chi connectivity index (χ1) is 8.41. The first-order valence-electron chi connectivity index (χ1n) is 5.65. The van der Waals surface area contributed by atoms with Crippen LogP contribution in [0.2, 0.25) is 5.02 Å². The third kappa shape index (κ3) is 2.53. The van der Waals surface area contributed by atoms with Gasteiger partial charge >= 0.3 is 0 Å². The molecule has 0 aliphatic carbocycles. The maximum Gasteiger partial charge on any atom is 0.288 e. The van der Waals surface area contributed by atoms with Crippen molar-refractivity contribution >= 4 is 11.6 Å². The normalized spacial score (nSPS) is 11.8. The molecular formula is C13H13ClF2N2. The second-order valence-electron chi connectivity index (χ2n) is 4.15. The van der Waals surface area contributed by atoms with Crippen molar-refractivity contribution in [1.29, 1.82) is 0 Å². The molecule has 0 fully saturated rings. The summed E-state index contributed by atoms with van der Waals surface area (Å²) in [6.07, 6.45) is 0.621. The summed E-state index contributed by atoms with van der Waals surface area (Å²) >= 11 is 5.90. The Morgan fingerprint density at radius 2 is 2.06 bits per heavy atom. The molecule has 0 aliphatic rings. The summed E-state index contributed by atoms with van der Waals surface area (Å²) in [6, 6.07) is 8.42. The summed E-state index contributed by atoms with van der Waals surface area (Å²) in [5.74, 6) is -2.94. The Labute approximate surface area is 109 Å². The van der Waals surface area contributed by atoms with Crippen molar-refractivity contribution in [3.63, 3.8) is 0 Å². The Morgan fingerprint density at radius 3 is 2.61 bits per heavy atom. The molecule has 1 heterocycles. The number of halogens is 3. The molecule has 0 saturated carbocycles. The maximum atomic E-state index is 13.3. The molecular weight excluding hydrogens is 258 g/mol. The van der Waals surface area contributed by atoms with Gasteiger partial charge in [-0.15, -0.1) is 0 Å². The largest absolute Gasteiger partial charge is 0.288 e. The number of rotatable bonds is 3. The van der Waals surface area contributed by atoms with Crippen LogP contribution in [-0.4, -0.2) is 9.78 Å². The van der Waals surface area contributed by atoms with E-state index in [2.05, 4.69) is 5.10 Å². The summed E-state index contributed by atoms with van der Waals surface area (Å²) < 4.78 is 28.1. The molecule has 1 aromatic heterocycles. The predicted molar refractivity (Wildman–Crippen MR) is 67.5 cm³/mol. The highest BCUT2D eigenvalue weighted by molar-refractivity contribution is 6.30. The Kier molecular flexibility index (Phi) is 3.39. The van der Waals surface area contributed by atoms with Gasteiger partial charge in [0, 0.05) is 17.6 Å². The van der Waals surface area contributed by atoms with Crippen molar-refractivity contribution in [2.45, 2.75) is 26.2 Å². The minimum absolute atomic E-state index is 0.223. The smallest absolute Gasteiger partial charge is 0.237 e. The van der Waals surface area contributed by atoms with Crippen LogP contribution in [0, 0.1) is 0 Å². The molecule has 2 nitrogen and oxygen atoms in total. The highest BCUT2D eigenvalue weighted by Gasteiger charge is 2.29. The quantitative estimate of drug-likeness (QED) is 0.817. The van der Waals surface area contributed by atoms with Crippen molar-refractivity contribution in [2.75, 3.05) is 0 Å². The van der Waals surface area contributed by atoms with Gasteiger partial charge in [-0.05, 0) is 30.7 Å². The van der Waals surface area contributed by atoms with Crippen LogP contribution >= 0.6 is 11.6 Å². The highest BCUT2D eigenvalue weighted by Crippen LogP contribution is 2.28. The molecule has 0 atom stereocenters. The number of nitrogens with zero attached hydrogens (tertiary/aromatic N) is 2. The second-order valence-corrected chi connectivity index (χ2v) is 4.59. The van der Waals surface area contributed by atoms with Gasteiger partial charge in [0.2, 0.25) is 0 Å². The lowest BCUT2D eigenvalue weighted by atomic mass is 10.2. The summed E-state index contributed by atoms with van der Waals surface area (Å²) in [7, 11) is 0. The molecule has 2 aromatic rings. The van der Waals surface area contributed by atoms with Crippen molar-refractivity contribution in [3.8, 4) is 5.69 Å². The van der Waals surface area contributed by atoms with E-state index in [0.717, 1.165) is 12.6 Å². The van der Waals surface area contributed by atoms with E-state index in [1.165, 1.54) is 10.7 Å². The van der Waals surface area contributed by atoms with Gasteiger partial charge in [0.25, 0.3) is 5.92 Å².